The molecule has 0 radical (unpaired) electrons. The average molecular weight is 576 g/mol. The van der Waals surface area contributed by atoms with Crippen LogP contribution in [0.5, 0.6) is 23.0 Å². The van der Waals surface area contributed by atoms with Crippen LogP contribution in [0.2, 0.25) is 0 Å². The summed E-state index contributed by atoms with van der Waals surface area (Å²) in [5.41, 5.74) is 3.58. The highest BCUT2D eigenvalue weighted by atomic mass is 16.7. The summed E-state index contributed by atoms with van der Waals surface area (Å²) in [5.74, 6) is 0.389. The van der Waals surface area contributed by atoms with Crippen LogP contribution in [-0.2, 0) is 22.6 Å². The molecule has 0 unspecified atom stereocenters. The van der Waals surface area contributed by atoms with E-state index >= 15 is 0 Å². The first-order chi connectivity index (χ1) is 20.4. The Morgan fingerprint density at radius 3 is 2.40 bits per heavy atom. The molecular formula is C32H33NO9. The van der Waals surface area contributed by atoms with Crippen molar-refractivity contribution in [3.05, 3.63) is 71.3 Å². The second-order valence-electron chi connectivity index (χ2n) is 10.2. The number of rotatable bonds is 13. The number of ether oxygens (including phenoxy) is 4. The van der Waals surface area contributed by atoms with Crippen LogP contribution in [0.15, 0.2) is 54.6 Å². The summed E-state index contributed by atoms with van der Waals surface area (Å²) >= 11 is 0. The summed E-state index contributed by atoms with van der Waals surface area (Å²) in [6.45, 7) is 1.90. The zero-order valence-corrected chi connectivity index (χ0v) is 23.2. The summed E-state index contributed by atoms with van der Waals surface area (Å²) < 4.78 is 23.1. The van der Waals surface area contributed by atoms with Gasteiger partial charge in [-0.25, -0.2) is 0 Å². The molecule has 42 heavy (non-hydrogen) atoms. The molecule has 1 fully saturated rings. The standard InChI is InChI=1S/C32H33NO9/c34-30(35)7-4-14-39-27-6-3-5-22(26(27)9-11-31(36)37)19-40-25-16-23(21-8-10-28-29(18-21)42-20-41-28)15-24(17-25)32(38)33-12-1-2-13-33/h3,5-6,8,10,15-18H,1-2,4,7,9,11-14,19-20H2,(H,34,35)(H,36,37). The summed E-state index contributed by atoms with van der Waals surface area (Å²) in [4.78, 5) is 37.5. The molecule has 0 aliphatic carbocycles. The third-order valence-corrected chi connectivity index (χ3v) is 7.26. The van der Waals surface area contributed by atoms with E-state index in [1.54, 1.807) is 18.2 Å². The lowest BCUT2D eigenvalue weighted by atomic mass is 10.0. The number of carboxylic acid groups (broad SMARTS) is 2. The lowest BCUT2D eigenvalue weighted by Crippen LogP contribution is -2.27. The quantitative estimate of drug-likeness (QED) is 0.265. The number of hydrogen-bond donors (Lipinski definition) is 2. The number of benzene rings is 3. The number of nitrogens with zero attached hydrogens (tertiary/aromatic N) is 1. The highest BCUT2D eigenvalue weighted by Crippen LogP contribution is 2.37. The van der Waals surface area contributed by atoms with E-state index in [9.17, 15) is 19.5 Å². The average Bonchev–Trinajstić information content (AvgIpc) is 3.69. The van der Waals surface area contributed by atoms with E-state index in [0.717, 1.165) is 42.6 Å². The van der Waals surface area contributed by atoms with Crippen molar-refractivity contribution in [3.63, 3.8) is 0 Å². The van der Waals surface area contributed by atoms with Crippen molar-refractivity contribution in [1.82, 2.24) is 4.90 Å². The largest absolute Gasteiger partial charge is 0.493 e. The Morgan fingerprint density at radius 2 is 1.62 bits per heavy atom. The van der Waals surface area contributed by atoms with Crippen LogP contribution in [0, 0.1) is 0 Å². The van der Waals surface area contributed by atoms with E-state index in [1.807, 2.05) is 41.3 Å². The first-order valence-corrected chi connectivity index (χ1v) is 14.0. The van der Waals surface area contributed by atoms with Crippen LogP contribution < -0.4 is 18.9 Å². The summed E-state index contributed by atoms with van der Waals surface area (Å²) in [5, 5.41) is 18.2. The first kappa shape index (κ1) is 28.8. The van der Waals surface area contributed by atoms with Crippen LogP contribution in [0.25, 0.3) is 11.1 Å². The number of carbonyl (C=O) groups is 3. The van der Waals surface area contributed by atoms with Crippen LogP contribution in [0.4, 0.5) is 0 Å². The smallest absolute Gasteiger partial charge is 0.303 e. The van der Waals surface area contributed by atoms with Crippen LogP contribution >= 0.6 is 0 Å². The minimum absolute atomic E-state index is 0.0224. The first-order valence-electron chi connectivity index (χ1n) is 14.0. The molecule has 220 valence electrons. The highest BCUT2D eigenvalue weighted by molar-refractivity contribution is 5.96. The molecule has 2 N–H and O–H groups in total. The maximum atomic E-state index is 13.4. The molecule has 10 nitrogen and oxygen atoms in total. The molecule has 0 spiro atoms. The molecule has 0 saturated carbocycles. The van der Waals surface area contributed by atoms with Crippen molar-refractivity contribution < 1.29 is 43.5 Å². The van der Waals surface area contributed by atoms with Crippen LogP contribution in [0.3, 0.4) is 0 Å². The Labute approximate surface area is 243 Å². The number of likely N-dealkylation sites (tertiary alicyclic amines) is 1. The molecule has 3 aromatic carbocycles. The minimum Gasteiger partial charge on any atom is -0.493 e. The minimum atomic E-state index is -0.941. The Kier molecular flexibility index (Phi) is 9.11. The SMILES string of the molecule is O=C(O)CCCOc1cccc(COc2cc(C(=O)N3CCCC3)cc(-c3ccc4c(c3)OCO4)c2)c1CCC(=O)O. The topological polar surface area (TPSA) is 132 Å². The fourth-order valence-corrected chi connectivity index (χ4v) is 5.12. The van der Waals surface area contributed by atoms with Gasteiger partial charge in [-0.05, 0) is 78.8 Å². The molecule has 5 rings (SSSR count). The number of carboxylic acids is 2. The number of amides is 1. The molecule has 3 aromatic rings. The molecule has 2 heterocycles. The highest BCUT2D eigenvalue weighted by Gasteiger charge is 2.22. The normalized spacial score (nSPS) is 13.7. The molecule has 10 heteroatoms. The van der Waals surface area contributed by atoms with Gasteiger partial charge in [0.05, 0.1) is 6.61 Å². The van der Waals surface area contributed by atoms with Crippen molar-refractivity contribution in [2.24, 2.45) is 0 Å². The molecule has 0 bridgehead atoms. The van der Waals surface area contributed by atoms with Crippen molar-refractivity contribution in [1.29, 1.82) is 0 Å². The van der Waals surface area contributed by atoms with Crippen molar-refractivity contribution in [3.8, 4) is 34.1 Å². The van der Waals surface area contributed by atoms with Gasteiger partial charge in [-0.3, -0.25) is 14.4 Å². The van der Waals surface area contributed by atoms with Gasteiger partial charge in [-0.15, -0.1) is 0 Å². The van der Waals surface area contributed by atoms with Crippen molar-refractivity contribution in [2.45, 2.75) is 45.1 Å². The Hall–Kier alpha value is -4.73. The van der Waals surface area contributed by atoms with E-state index in [2.05, 4.69) is 0 Å². The van der Waals surface area contributed by atoms with E-state index in [0.29, 0.717) is 40.5 Å². The molecule has 2 aliphatic heterocycles. The van der Waals surface area contributed by atoms with E-state index in [4.69, 9.17) is 24.1 Å². The Balaban J connectivity index is 1.41. The van der Waals surface area contributed by atoms with Gasteiger partial charge in [0, 0.05) is 37.1 Å². The second-order valence-corrected chi connectivity index (χ2v) is 10.2. The lowest BCUT2D eigenvalue weighted by Gasteiger charge is -2.18. The fourth-order valence-electron chi connectivity index (χ4n) is 5.12. The predicted molar refractivity (Wildman–Crippen MR) is 152 cm³/mol. The van der Waals surface area contributed by atoms with Gasteiger partial charge in [0.1, 0.15) is 18.1 Å². The summed E-state index contributed by atoms with van der Waals surface area (Å²) in [6, 6.07) is 16.5. The Morgan fingerprint density at radius 1 is 0.833 bits per heavy atom. The van der Waals surface area contributed by atoms with E-state index in [1.165, 1.54) is 0 Å². The second kappa shape index (κ2) is 13.3. The summed E-state index contributed by atoms with van der Waals surface area (Å²) in [6.07, 6.45) is 2.38. The van der Waals surface area contributed by atoms with Gasteiger partial charge in [0.2, 0.25) is 6.79 Å². The van der Waals surface area contributed by atoms with Gasteiger partial charge in [0.15, 0.2) is 11.5 Å². The molecule has 1 amide bonds. The maximum Gasteiger partial charge on any atom is 0.303 e. The third kappa shape index (κ3) is 7.12. The zero-order valence-electron chi connectivity index (χ0n) is 23.2. The molecule has 0 aromatic heterocycles. The summed E-state index contributed by atoms with van der Waals surface area (Å²) in [7, 11) is 0. The lowest BCUT2D eigenvalue weighted by molar-refractivity contribution is -0.138. The van der Waals surface area contributed by atoms with E-state index in [-0.39, 0.29) is 45.2 Å². The number of hydrogen-bond acceptors (Lipinski definition) is 7. The third-order valence-electron chi connectivity index (χ3n) is 7.26. The van der Waals surface area contributed by atoms with Gasteiger partial charge < -0.3 is 34.1 Å². The van der Waals surface area contributed by atoms with Gasteiger partial charge >= 0.3 is 11.9 Å². The van der Waals surface area contributed by atoms with Crippen LogP contribution in [-0.4, -0.2) is 59.4 Å². The predicted octanol–water partition coefficient (Wildman–Crippen LogP) is 5.16. The molecule has 1 saturated heterocycles. The molecular weight excluding hydrogens is 542 g/mol. The monoisotopic (exact) mass is 575 g/mol. The number of carbonyl (C=O) groups excluding carboxylic acids is 1. The number of aliphatic carboxylic acids is 2. The molecule has 0 atom stereocenters. The maximum absolute atomic E-state index is 13.4. The van der Waals surface area contributed by atoms with Gasteiger partial charge in [-0.1, -0.05) is 18.2 Å². The van der Waals surface area contributed by atoms with Gasteiger partial charge in [0.25, 0.3) is 5.91 Å². The zero-order chi connectivity index (χ0) is 29.5. The fraction of sp³-hybridized carbons (Fsp3) is 0.344. The van der Waals surface area contributed by atoms with Crippen molar-refractivity contribution >= 4 is 17.8 Å². The Bertz CT molecular complexity index is 1460. The molecule has 2 aliphatic rings. The van der Waals surface area contributed by atoms with E-state index < -0.39 is 11.9 Å². The number of fused-ring (bicyclic) bond motifs is 1. The van der Waals surface area contributed by atoms with Crippen LogP contribution in [0.1, 0.15) is 53.6 Å². The van der Waals surface area contributed by atoms with Gasteiger partial charge in [-0.2, -0.15) is 0 Å². The van der Waals surface area contributed by atoms with Crippen molar-refractivity contribution in [2.75, 3.05) is 26.5 Å².